The van der Waals surface area contributed by atoms with Gasteiger partial charge in [0.2, 0.25) is 0 Å². The van der Waals surface area contributed by atoms with E-state index in [9.17, 15) is 0 Å². The van der Waals surface area contributed by atoms with Gasteiger partial charge in [-0.05, 0) is 50.7 Å². The molecule has 1 fully saturated rings. The summed E-state index contributed by atoms with van der Waals surface area (Å²) in [6, 6.07) is 4.18. The number of guanidine groups is 1. The molecular formula is C22H35N3O3. The Bertz CT molecular complexity index is 686. The quantitative estimate of drug-likeness (QED) is 0.501. The van der Waals surface area contributed by atoms with Crippen molar-refractivity contribution in [3.8, 4) is 11.5 Å². The summed E-state index contributed by atoms with van der Waals surface area (Å²) in [6.07, 6.45) is 6.09. The van der Waals surface area contributed by atoms with E-state index in [1.165, 1.54) is 24.8 Å². The molecule has 1 aromatic carbocycles. The first-order valence-corrected chi connectivity index (χ1v) is 10.5. The molecule has 6 nitrogen and oxygen atoms in total. The number of methoxy groups -OCH3 is 2. The van der Waals surface area contributed by atoms with E-state index in [1.54, 1.807) is 14.2 Å². The molecule has 156 valence electrons. The van der Waals surface area contributed by atoms with Crippen molar-refractivity contribution < 1.29 is 14.2 Å². The van der Waals surface area contributed by atoms with Crippen molar-refractivity contribution in [2.45, 2.75) is 58.6 Å². The number of nitrogens with zero attached hydrogens (tertiary/aromatic N) is 1. The normalized spacial score (nSPS) is 20.1. The first-order chi connectivity index (χ1) is 13.6. The molecule has 1 aliphatic heterocycles. The van der Waals surface area contributed by atoms with Crippen molar-refractivity contribution >= 4 is 5.96 Å². The van der Waals surface area contributed by atoms with Gasteiger partial charge >= 0.3 is 0 Å². The number of hydrogen-bond donors (Lipinski definition) is 2. The monoisotopic (exact) mass is 389 g/mol. The molecule has 1 aliphatic carbocycles. The summed E-state index contributed by atoms with van der Waals surface area (Å²) in [5, 5.41) is 6.91. The van der Waals surface area contributed by atoms with Gasteiger partial charge in [-0.25, -0.2) is 4.99 Å². The van der Waals surface area contributed by atoms with Gasteiger partial charge in [-0.2, -0.15) is 0 Å². The topological polar surface area (TPSA) is 64.1 Å². The van der Waals surface area contributed by atoms with Gasteiger partial charge in [-0.1, -0.05) is 6.42 Å². The molecule has 2 aliphatic rings. The molecule has 1 unspecified atom stereocenters. The van der Waals surface area contributed by atoms with Crippen LogP contribution >= 0.6 is 0 Å². The summed E-state index contributed by atoms with van der Waals surface area (Å²) in [5.74, 6) is 2.69. The van der Waals surface area contributed by atoms with E-state index in [1.807, 2.05) is 0 Å². The molecular weight excluding hydrogens is 354 g/mol. The van der Waals surface area contributed by atoms with Gasteiger partial charge in [0.1, 0.15) is 17.6 Å². The third kappa shape index (κ3) is 4.90. The Morgan fingerprint density at radius 2 is 2.11 bits per heavy atom. The van der Waals surface area contributed by atoms with Crippen LogP contribution < -0.4 is 20.1 Å². The largest absolute Gasteiger partial charge is 0.496 e. The van der Waals surface area contributed by atoms with Gasteiger partial charge in [0.15, 0.2) is 5.96 Å². The zero-order valence-electron chi connectivity index (χ0n) is 17.8. The van der Waals surface area contributed by atoms with E-state index in [0.29, 0.717) is 12.0 Å². The zero-order chi connectivity index (χ0) is 20.0. The van der Waals surface area contributed by atoms with Crippen molar-refractivity contribution in [3.05, 3.63) is 23.3 Å². The van der Waals surface area contributed by atoms with Crippen LogP contribution in [-0.2, 0) is 17.7 Å². The maximum Gasteiger partial charge on any atom is 0.191 e. The van der Waals surface area contributed by atoms with Gasteiger partial charge in [-0.15, -0.1) is 0 Å². The number of benzene rings is 1. The minimum atomic E-state index is 0.225. The fourth-order valence-electron chi connectivity index (χ4n) is 4.08. The van der Waals surface area contributed by atoms with Crippen LogP contribution in [0.4, 0.5) is 0 Å². The fourth-order valence-corrected chi connectivity index (χ4v) is 4.08. The summed E-state index contributed by atoms with van der Waals surface area (Å²) < 4.78 is 16.8. The Balaban J connectivity index is 1.67. The van der Waals surface area contributed by atoms with Crippen molar-refractivity contribution in [1.29, 1.82) is 0 Å². The Labute approximate surface area is 169 Å². The van der Waals surface area contributed by atoms with Crippen molar-refractivity contribution in [3.63, 3.8) is 0 Å². The number of hydrogen-bond acceptors (Lipinski definition) is 4. The Morgan fingerprint density at radius 3 is 2.75 bits per heavy atom. The first-order valence-electron chi connectivity index (χ1n) is 10.5. The smallest absolute Gasteiger partial charge is 0.191 e. The molecule has 1 heterocycles. The molecule has 0 aromatic heterocycles. The lowest BCUT2D eigenvalue weighted by Gasteiger charge is -2.42. The van der Waals surface area contributed by atoms with Crippen LogP contribution in [0.3, 0.4) is 0 Å². The van der Waals surface area contributed by atoms with E-state index < -0.39 is 0 Å². The van der Waals surface area contributed by atoms with Crippen LogP contribution in [0, 0.1) is 5.41 Å². The maximum absolute atomic E-state index is 5.91. The van der Waals surface area contributed by atoms with Gasteiger partial charge in [-0.3, -0.25) is 0 Å². The number of rotatable bonds is 9. The third-order valence-electron chi connectivity index (χ3n) is 5.93. The molecule has 0 radical (unpaired) electrons. The molecule has 0 saturated heterocycles. The molecule has 1 atom stereocenters. The first kappa shape index (κ1) is 20.8. The van der Waals surface area contributed by atoms with Crippen LogP contribution in [0.15, 0.2) is 17.1 Å². The van der Waals surface area contributed by atoms with Crippen LogP contribution in [0.1, 0.15) is 50.7 Å². The lowest BCUT2D eigenvalue weighted by atomic mass is 9.67. The Kier molecular flexibility index (Phi) is 7.05. The highest BCUT2D eigenvalue weighted by molar-refractivity contribution is 5.79. The van der Waals surface area contributed by atoms with Crippen LogP contribution in [-0.4, -0.2) is 46.0 Å². The van der Waals surface area contributed by atoms with Crippen molar-refractivity contribution in [2.75, 3.05) is 33.9 Å². The molecule has 0 amide bonds. The summed E-state index contributed by atoms with van der Waals surface area (Å²) in [5.41, 5.74) is 2.61. The Morgan fingerprint density at radius 1 is 1.29 bits per heavy atom. The van der Waals surface area contributed by atoms with Gasteiger partial charge in [0.05, 0.1) is 13.7 Å². The van der Waals surface area contributed by atoms with Crippen LogP contribution in [0.2, 0.25) is 0 Å². The molecule has 3 rings (SSSR count). The van der Waals surface area contributed by atoms with Crippen LogP contribution in [0.25, 0.3) is 0 Å². The van der Waals surface area contributed by atoms with Crippen LogP contribution in [0.5, 0.6) is 11.5 Å². The second-order valence-corrected chi connectivity index (χ2v) is 8.05. The van der Waals surface area contributed by atoms with E-state index >= 15 is 0 Å². The third-order valence-corrected chi connectivity index (χ3v) is 5.93. The lowest BCUT2D eigenvalue weighted by Crippen LogP contribution is -2.46. The van der Waals surface area contributed by atoms with Gasteiger partial charge < -0.3 is 24.8 Å². The SMILES string of the molecule is CCNC(=NCc1cc2c(cc1OC)CC(C)O2)NCC1(CCOC)CCC1. The highest BCUT2D eigenvalue weighted by Gasteiger charge is 2.36. The summed E-state index contributed by atoms with van der Waals surface area (Å²) in [7, 11) is 3.49. The molecule has 1 saturated carbocycles. The highest BCUT2D eigenvalue weighted by atomic mass is 16.5. The predicted molar refractivity (Wildman–Crippen MR) is 112 cm³/mol. The fraction of sp³-hybridized carbons (Fsp3) is 0.682. The molecule has 1 aromatic rings. The molecule has 28 heavy (non-hydrogen) atoms. The van der Waals surface area contributed by atoms with E-state index in [2.05, 4.69) is 36.6 Å². The second-order valence-electron chi connectivity index (χ2n) is 8.05. The summed E-state index contributed by atoms with van der Waals surface area (Å²) >= 11 is 0. The molecule has 0 spiro atoms. The zero-order valence-corrected chi connectivity index (χ0v) is 17.8. The molecule has 2 N–H and O–H groups in total. The lowest BCUT2D eigenvalue weighted by molar-refractivity contribution is 0.0732. The summed E-state index contributed by atoms with van der Waals surface area (Å²) in [4.78, 5) is 4.81. The average molecular weight is 390 g/mol. The molecule has 0 bridgehead atoms. The number of ether oxygens (including phenoxy) is 3. The summed E-state index contributed by atoms with van der Waals surface area (Å²) in [6.45, 7) is 7.32. The van der Waals surface area contributed by atoms with Crippen molar-refractivity contribution in [1.82, 2.24) is 10.6 Å². The van der Waals surface area contributed by atoms with E-state index in [0.717, 1.165) is 55.6 Å². The average Bonchev–Trinajstić information content (AvgIpc) is 3.02. The Hall–Kier alpha value is -1.95. The number of fused-ring (bicyclic) bond motifs is 1. The minimum absolute atomic E-state index is 0.225. The number of aliphatic imine (C=N–C) groups is 1. The maximum atomic E-state index is 5.91. The highest BCUT2D eigenvalue weighted by Crippen LogP contribution is 2.43. The van der Waals surface area contributed by atoms with E-state index in [-0.39, 0.29) is 6.10 Å². The standard InChI is InChI=1S/C22H35N3O3/c1-5-23-21(25-15-22(7-6-8-22)9-10-26-3)24-14-18-13-20-17(11-16(2)28-20)12-19(18)27-4/h12-13,16H,5-11,14-15H2,1-4H3,(H2,23,24,25). The molecule has 6 heteroatoms. The predicted octanol–water partition coefficient (Wildman–Crippen LogP) is 3.28. The van der Waals surface area contributed by atoms with E-state index in [4.69, 9.17) is 19.2 Å². The van der Waals surface area contributed by atoms with Crippen molar-refractivity contribution in [2.24, 2.45) is 10.4 Å². The second kappa shape index (κ2) is 9.50. The number of nitrogens with one attached hydrogen (secondary N) is 2. The van der Waals surface area contributed by atoms with Gasteiger partial charge in [0, 0.05) is 44.4 Å². The minimum Gasteiger partial charge on any atom is -0.496 e. The van der Waals surface area contributed by atoms with Gasteiger partial charge in [0.25, 0.3) is 0 Å².